The summed E-state index contributed by atoms with van der Waals surface area (Å²) in [6.07, 6.45) is 11.1. The number of aromatic nitrogens is 2. The molecule has 9 aromatic carbocycles. The fourth-order valence-corrected chi connectivity index (χ4v) is 10.7. The zero-order chi connectivity index (χ0) is 42.1. The van der Waals surface area contributed by atoms with Crippen LogP contribution in [0, 0.1) is 0 Å². The molecule has 2 heteroatoms. The van der Waals surface area contributed by atoms with Crippen molar-refractivity contribution in [1.82, 2.24) is 9.13 Å². The molecule has 0 saturated carbocycles. The van der Waals surface area contributed by atoms with Crippen molar-refractivity contribution in [2.45, 2.75) is 25.7 Å². The van der Waals surface area contributed by atoms with E-state index in [9.17, 15) is 0 Å². The average Bonchev–Trinajstić information content (AvgIpc) is 3.88. The van der Waals surface area contributed by atoms with Gasteiger partial charge >= 0.3 is 0 Å². The third-order valence-electron chi connectivity index (χ3n) is 13.9. The van der Waals surface area contributed by atoms with Gasteiger partial charge in [-0.2, -0.15) is 0 Å². The lowest BCUT2D eigenvalue weighted by Gasteiger charge is -2.23. The fourth-order valence-electron chi connectivity index (χ4n) is 10.7. The van der Waals surface area contributed by atoms with Crippen molar-refractivity contribution in [3.05, 3.63) is 235 Å². The van der Waals surface area contributed by atoms with Gasteiger partial charge in [-0.1, -0.05) is 158 Å². The lowest BCUT2D eigenvalue weighted by Crippen LogP contribution is -2.07. The molecule has 11 aromatic rings. The van der Waals surface area contributed by atoms with Crippen molar-refractivity contribution in [2.24, 2.45) is 0 Å². The van der Waals surface area contributed by atoms with Crippen LogP contribution in [0.4, 0.5) is 0 Å². The molecular formula is C62H44N2. The van der Waals surface area contributed by atoms with Gasteiger partial charge < -0.3 is 9.13 Å². The molecule has 0 fully saturated rings. The third kappa shape index (κ3) is 5.94. The minimum Gasteiger partial charge on any atom is -0.309 e. The van der Waals surface area contributed by atoms with Crippen molar-refractivity contribution >= 4 is 49.2 Å². The molecule has 2 heterocycles. The van der Waals surface area contributed by atoms with Crippen LogP contribution in [0.1, 0.15) is 29.5 Å². The Kier molecular flexibility index (Phi) is 8.52. The van der Waals surface area contributed by atoms with E-state index in [0.29, 0.717) is 0 Å². The zero-order valence-corrected chi connectivity index (χ0v) is 35.5. The number of allylic oxidation sites excluding steroid dienone is 4. The van der Waals surface area contributed by atoms with Gasteiger partial charge in [0.2, 0.25) is 0 Å². The van der Waals surface area contributed by atoms with E-state index < -0.39 is 0 Å². The topological polar surface area (TPSA) is 9.86 Å². The molecule has 0 aliphatic heterocycles. The maximum absolute atomic E-state index is 2.52. The predicted octanol–water partition coefficient (Wildman–Crippen LogP) is 16.4. The van der Waals surface area contributed by atoms with Crippen LogP contribution < -0.4 is 0 Å². The summed E-state index contributed by atoms with van der Waals surface area (Å²) < 4.78 is 4.99. The van der Waals surface area contributed by atoms with Crippen molar-refractivity contribution in [1.29, 1.82) is 0 Å². The van der Waals surface area contributed by atoms with Crippen molar-refractivity contribution in [3.8, 4) is 55.9 Å². The molecule has 0 spiro atoms. The number of hydrogen-bond donors (Lipinski definition) is 0. The molecule has 302 valence electrons. The largest absolute Gasteiger partial charge is 0.309 e. The van der Waals surface area contributed by atoms with Crippen LogP contribution in [-0.4, -0.2) is 9.13 Å². The van der Waals surface area contributed by atoms with Gasteiger partial charge in [0.05, 0.1) is 22.1 Å². The van der Waals surface area contributed by atoms with Crippen LogP contribution in [0.25, 0.3) is 105 Å². The molecule has 64 heavy (non-hydrogen) atoms. The van der Waals surface area contributed by atoms with Crippen LogP contribution in [0.5, 0.6) is 0 Å². The van der Waals surface area contributed by atoms with Crippen molar-refractivity contribution in [3.63, 3.8) is 0 Å². The van der Waals surface area contributed by atoms with E-state index in [0.717, 1.165) is 25.7 Å². The highest BCUT2D eigenvalue weighted by molar-refractivity contribution is 6.15. The highest BCUT2D eigenvalue weighted by Gasteiger charge is 2.26. The second-order valence-corrected chi connectivity index (χ2v) is 17.5. The molecule has 2 aliphatic rings. The van der Waals surface area contributed by atoms with E-state index >= 15 is 0 Å². The van der Waals surface area contributed by atoms with Gasteiger partial charge in [-0.05, 0) is 153 Å². The summed E-state index contributed by atoms with van der Waals surface area (Å²) in [5.74, 6) is 0. The molecule has 0 N–H and O–H groups in total. The number of aryl methyl sites for hydroxylation is 2. The maximum atomic E-state index is 2.52. The molecule has 2 aliphatic carbocycles. The van der Waals surface area contributed by atoms with Crippen molar-refractivity contribution < 1.29 is 0 Å². The average molecular weight is 817 g/mol. The van der Waals surface area contributed by atoms with Crippen LogP contribution in [0.3, 0.4) is 0 Å². The Balaban J connectivity index is 0.973. The highest BCUT2D eigenvalue weighted by atomic mass is 15.0. The van der Waals surface area contributed by atoms with Crippen molar-refractivity contribution in [2.75, 3.05) is 0 Å². The van der Waals surface area contributed by atoms with Gasteiger partial charge in [0.15, 0.2) is 0 Å². The summed E-state index contributed by atoms with van der Waals surface area (Å²) in [4.78, 5) is 0. The van der Waals surface area contributed by atoms with E-state index in [-0.39, 0.29) is 0 Å². The van der Waals surface area contributed by atoms with Crippen LogP contribution in [-0.2, 0) is 12.8 Å². The van der Waals surface area contributed by atoms with E-state index in [4.69, 9.17) is 0 Å². The number of benzene rings is 9. The summed E-state index contributed by atoms with van der Waals surface area (Å²) in [6, 6.07) is 74.5. The summed E-state index contributed by atoms with van der Waals surface area (Å²) in [6.45, 7) is 0. The second-order valence-electron chi connectivity index (χ2n) is 17.5. The molecule has 0 atom stereocenters. The Morgan fingerprint density at radius 1 is 0.344 bits per heavy atom. The maximum Gasteiger partial charge on any atom is 0.0579 e. The molecule has 0 amide bonds. The van der Waals surface area contributed by atoms with E-state index in [1.165, 1.54) is 122 Å². The van der Waals surface area contributed by atoms with E-state index in [1.54, 1.807) is 0 Å². The Hall–Kier alpha value is -7.94. The van der Waals surface area contributed by atoms with Gasteiger partial charge in [-0.15, -0.1) is 0 Å². The Labute approximate surface area is 373 Å². The molecule has 0 unspecified atom stereocenters. The predicted molar refractivity (Wildman–Crippen MR) is 271 cm³/mol. The molecular weight excluding hydrogens is 773 g/mol. The molecule has 0 saturated heterocycles. The highest BCUT2D eigenvalue weighted by Crippen LogP contribution is 2.46. The standard InChI is InChI=1S/C62H44N2/c1-5-13-41(14-6-1)43-21-25-45(26-22-43)47-31-36-60-56(37-47)54-34-33-52-53(62(54)64(60)51-19-11-4-12-20-51)32-29-49-39-58-57-38-48(46-27-23-44(24-28-46)42-15-7-2-8-16-42)30-35-59(57)63(61(58)40-55(49)52)50-17-9-3-10-18-50/h1,3-7,9-28,30-31,33-40H,2,8,29,32H2. The van der Waals surface area contributed by atoms with Crippen LogP contribution in [0.2, 0.25) is 0 Å². The summed E-state index contributed by atoms with van der Waals surface area (Å²) in [5.41, 5.74) is 22.9. The quantitative estimate of drug-likeness (QED) is 0.158. The molecule has 0 bridgehead atoms. The number of nitrogens with zero attached hydrogens (tertiary/aromatic N) is 2. The van der Waals surface area contributed by atoms with Gasteiger partial charge in [-0.3, -0.25) is 0 Å². The molecule has 0 radical (unpaired) electrons. The first-order chi connectivity index (χ1) is 31.7. The summed E-state index contributed by atoms with van der Waals surface area (Å²) >= 11 is 0. The Morgan fingerprint density at radius 3 is 1.52 bits per heavy atom. The van der Waals surface area contributed by atoms with E-state index in [1.807, 2.05) is 0 Å². The minimum absolute atomic E-state index is 0.975. The fraction of sp³-hybridized carbons (Fsp3) is 0.0645. The number of hydrogen-bond acceptors (Lipinski definition) is 0. The van der Waals surface area contributed by atoms with Gasteiger partial charge in [0.25, 0.3) is 0 Å². The normalized spacial score (nSPS) is 13.4. The van der Waals surface area contributed by atoms with Gasteiger partial charge in [0, 0.05) is 32.9 Å². The first kappa shape index (κ1) is 36.7. The smallest absolute Gasteiger partial charge is 0.0579 e. The third-order valence-corrected chi connectivity index (χ3v) is 13.9. The first-order valence-corrected chi connectivity index (χ1v) is 22.7. The monoisotopic (exact) mass is 816 g/mol. The minimum atomic E-state index is 0.975. The summed E-state index contributed by atoms with van der Waals surface area (Å²) in [7, 11) is 0. The zero-order valence-electron chi connectivity index (χ0n) is 35.5. The van der Waals surface area contributed by atoms with Crippen LogP contribution >= 0.6 is 0 Å². The second kappa shape index (κ2) is 14.9. The number of fused-ring (bicyclic) bond motifs is 10. The van der Waals surface area contributed by atoms with Gasteiger partial charge in [0.1, 0.15) is 0 Å². The number of para-hydroxylation sites is 2. The lowest BCUT2D eigenvalue weighted by atomic mass is 9.83. The number of rotatable bonds is 6. The van der Waals surface area contributed by atoms with E-state index in [2.05, 4.69) is 228 Å². The SMILES string of the molecule is C1=CC(c2ccc(-c3ccc4c(c3)c3cc5c(cc3n4-c3ccccc3)-c3ccc4c6cc(-c7ccc(-c8ccccc8)cc7)ccc6n(-c6ccccc6)c4c3CC5)cc2)=CCC1. The molecule has 2 nitrogen and oxygen atoms in total. The first-order valence-electron chi connectivity index (χ1n) is 22.7. The Morgan fingerprint density at radius 2 is 0.875 bits per heavy atom. The summed E-state index contributed by atoms with van der Waals surface area (Å²) in [5, 5.41) is 5.18. The molecule has 13 rings (SSSR count). The van der Waals surface area contributed by atoms with Gasteiger partial charge in [-0.25, -0.2) is 0 Å². The van der Waals surface area contributed by atoms with Crippen LogP contribution in [0.15, 0.2) is 218 Å². The Bertz CT molecular complexity index is 3660. The lowest BCUT2D eigenvalue weighted by molar-refractivity contribution is 0.944. The molecule has 2 aromatic heterocycles.